The van der Waals surface area contributed by atoms with Crippen molar-refractivity contribution in [3.05, 3.63) is 47.9 Å². The first-order valence-corrected chi connectivity index (χ1v) is 12.4. The molecule has 4 rings (SSSR count). The van der Waals surface area contributed by atoms with E-state index in [9.17, 15) is 0 Å². The zero-order valence-corrected chi connectivity index (χ0v) is 21.4. The van der Waals surface area contributed by atoms with Gasteiger partial charge in [-0.3, -0.25) is 4.90 Å². The number of amidine groups is 1. The lowest BCUT2D eigenvalue weighted by Crippen LogP contribution is -2.39. The van der Waals surface area contributed by atoms with Gasteiger partial charge in [0.2, 0.25) is 0 Å². The van der Waals surface area contributed by atoms with Gasteiger partial charge >= 0.3 is 0 Å². The van der Waals surface area contributed by atoms with Crippen LogP contribution in [0.15, 0.2) is 47.0 Å². The molecule has 0 radical (unpaired) electrons. The SMILES string of the molecule is CC(C)N/N=C(\N=N)c1cc(Nc2ncnn3ccc(CN4CCC(N)CC4)c23)cc(OC(C)C)c1. The van der Waals surface area contributed by atoms with Crippen molar-refractivity contribution < 1.29 is 4.74 Å². The third-order valence-corrected chi connectivity index (χ3v) is 5.90. The first kappa shape index (κ1) is 25.5. The predicted molar refractivity (Wildman–Crippen MR) is 141 cm³/mol. The second kappa shape index (κ2) is 11.4. The highest BCUT2D eigenvalue weighted by molar-refractivity contribution is 6.00. The average molecular weight is 493 g/mol. The van der Waals surface area contributed by atoms with E-state index in [2.05, 4.69) is 42.0 Å². The van der Waals surface area contributed by atoms with Crippen LogP contribution < -0.4 is 21.2 Å². The Morgan fingerprint density at radius 3 is 2.69 bits per heavy atom. The summed E-state index contributed by atoms with van der Waals surface area (Å²) in [5, 5.41) is 15.8. The first-order valence-electron chi connectivity index (χ1n) is 12.4. The van der Waals surface area contributed by atoms with Gasteiger partial charge in [-0.1, -0.05) is 0 Å². The predicted octanol–water partition coefficient (Wildman–Crippen LogP) is 3.87. The Balaban J connectivity index is 1.67. The van der Waals surface area contributed by atoms with Gasteiger partial charge in [0, 0.05) is 42.1 Å². The smallest absolute Gasteiger partial charge is 0.200 e. The first-order chi connectivity index (χ1) is 17.3. The lowest BCUT2D eigenvalue weighted by Gasteiger charge is -2.29. The van der Waals surface area contributed by atoms with Gasteiger partial charge in [0.25, 0.3) is 0 Å². The summed E-state index contributed by atoms with van der Waals surface area (Å²) in [6.45, 7) is 10.7. The minimum absolute atomic E-state index is 0.0177. The number of hydrogen-bond acceptors (Lipinski definition) is 9. The van der Waals surface area contributed by atoms with E-state index in [4.69, 9.17) is 16.0 Å². The largest absolute Gasteiger partial charge is 0.491 e. The Morgan fingerprint density at radius 2 is 2.00 bits per heavy atom. The highest BCUT2D eigenvalue weighted by Crippen LogP contribution is 2.29. The molecule has 1 aliphatic rings. The second-order valence-corrected chi connectivity index (χ2v) is 9.73. The van der Waals surface area contributed by atoms with Crippen LogP contribution >= 0.6 is 0 Å². The Labute approximate surface area is 211 Å². The molecule has 1 saturated heterocycles. The van der Waals surface area contributed by atoms with Crippen molar-refractivity contribution in [3.63, 3.8) is 0 Å². The van der Waals surface area contributed by atoms with Crippen molar-refractivity contribution >= 4 is 22.9 Å². The molecular weight excluding hydrogens is 456 g/mol. The lowest BCUT2D eigenvalue weighted by molar-refractivity contribution is 0.206. The van der Waals surface area contributed by atoms with Crippen LogP contribution in [0.4, 0.5) is 11.5 Å². The molecule has 192 valence electrons. The number of benzene rings is 1. The van der Waals surface area contributed by atoms with Crippen molar-refractivity contribution in [2.75, 3.05) is 18.4 Å². The summed E-state index contributed by atoms with van der Waals surface area (Å²) in [4.78, 5) is 6.98. The Morgan fingerprint density at radius 1 is 1.22 bits per heavy atom. The number of hydrazone groups is 1. The molecular formula is C25H36N10O. The number of anilines is 2. The highest BCUT2D eigenvalue weighted by atomic mass is 16.5. The molecule has 0 bridgehead atoms. The summed E-state index contributed by atoms with van der Waals surface area (Å²) in [5.74, 6) is 1.60. The van der Waals surface area contributed by atoms with Crippen molar-refractivity contribution in [2.45, 2.75) is 65.3 Å². The van der Waals surface area contributed by atoms with E-state index in [1.165, 1.54) is 6.33 Å². The molecule has 1 aliphatic heterocycles. The Kier molecular flexibility index (Phi) is 8.11. The summed E-state index contributed by atoms with van der Waals surface area (Å²) < 4.78 is 7.83. The summed E-state index contributed by atoms with van der Waals surface area (Å²) >= 11 is 0. The van der Waals surface area contributed by atoms with Gasteiger partial charge in [0.05, 0.1) is 6.10 Å². The van der Waals surface area contributed by atoms with E-state index < -0.39 is 0 Å². The van der Waals surface area contributed by atoms with Gasteiger partial charge in [-0.2, -0.15) is 10.2 Å². The van der Waals surface area contributed by atoms with E-state index in [1.807, 2.05) is 56.6 Å². The van der Waals surface area contributed by atoms with Crippen molar-refractivity contribution in [2.24, 2.45) is 15.9 Å². The van der Waals surface area contributed by atoms with Crippen molar-refractivity contribution in [1.82, 2.24) is 24.9 Å². The number of piperidine rings is 1. The van der Waals surface area contributed by atoms with Gasteiger partial charge in [-0.25, -0.2) is 15.0 Å². The van der Waals surface area contributed by atoms with Gasteiger partial charge in [-0.05, 0) is 77.4 Å². The monoisotopic (exact) mass is 492 g/mol. The summed E-state index contributed by atoms with van der Waals surface area (Å²) in [6.07, 6.45) is 5.49. The van der Waals surface area contributed by atoms with Crippen LogP contribution in [0.25, 0.3) is 5.52 Å². The molecule has 0 saturated carbocycles. The molecule has 3 aromatic rings. The second-order valence-electron chi connectivity index (χ2n) is 9.73. The molecule has 2 aromatic heterocycles. The van der Waals surface area contributed by atoms with E-state index in [1.54, 1.807) is 0 Å². The van der Waals surface area contributed by atoms with E-state index in [0.717, 1.165) is 49.2 Å². The van der Waals surface area contributed by atoms with E-state index in [0.29, 0.717) is 23.2 Å². The molecule has 1 fully saturated rings. The maximum Gasteiger partial charge on any atom is 0.200 e. The van der Waals surface area contributed by atoms with E-state index >= 15 is 0 Å². The maximum absolute atomic E-state index is 7.65. The minimum Gasteiger partial charge on any atom is -0.491 e. The average Bonchev–Trinajstić information content (AvgIpc) is 3.24. The fourth-order valence-electron chi connectivity index (χ4n) is 4.21. The molecule has 0 unspecified atom stereocenters. The van der Waals surface area contributed by atoms with Crippen LogP contribution in [-0.2, 0) is 6.54 Å². The normalized spacial score (nSPS) is 15.6. The molecule has 5 N–H and O–H groups in total. The van der Waals surface area contributed by atoms with Crippen LogP contribution in [0.2, 0.25) is 0 Å². The highest BCUT2D eigenvalue weighted by Gasteiger charge is 2.19. The number of nitrogens with one attached hydrogen (secondary N) is 3. The zero-order valence-electron chi connectivity index (χ0n) is 21.4. The summed E-state index contributed by atoms with van der Waals surface area (Å²) in [5.41, 5.74) is 20.2. The molecule has 0 atom stereocenters. The molecule has 11 heteroatoms. The maximum atomic E-state index is 7.65. The number of fused-ring (bicyclic) bond motifs is 1. The minimum atomic E-state index is -0.0177. The van der Waals surface area contributed by atoms with Gasteiger partial charge in [0.15, 0.2) is 11.7 Å². The topological polar surface area (TPSA) is 141 Å². The summed E-state index contributed by atoms with van der Waals surface area (Å²) in [7, 11) is 0. The van der Waals surface area contributed by atoms with Crippen molar-refractivity contribution in [3.8, 4) is 5.75 Å². The molecule has 3 heterocycles. The van der Waals surface area contributed by atoms with Gasteiger partial charge in [0.1, 0.15) is 17.6 Å². The molecule has 0 aliphatic carbocycles. The number of ether oxygens (including phenoxy) is 1. The molecule has 0 spiro atoms. The number of nitrogens with two attached hydrogens (primary N) is 1. The van der Waals surface area contributed by atoms with Crippen LogP contribution in [-0.4, -0.2) is 56.6 Å². The quantitative estimate of drug-likeness (QED) is 0.154. The third kappa shape index (κ3) is 6.35. The standard InChI is InChI=1S/C25H36N10O/c1-16(2)32-33-24(31-27)19-11-21(13-22(12-19)36-17(3)4)30-25-23-18(5-10-35(23)29-15-28-25)14-34-8-6-20(26)7-9-34/h5,10-13,15-17,20,27,32H,6-9,14,26H2,1-4H3,(H,28,29,30)/b31-27?,33-24-. The number of nitrogens with zero attached hydrogens (tertiary/aromatic N) is 6. The fraction of sp³-hybridized carbons (Fsp3) is 0.480. The zero-order chi connectivity index (χ0) is 25.7. The van der Waals surface area contributed by atoms with E-state index in [-0.39, 0.29) is 18.0 Å². The lowest BCUT2D eigenvalue weighted by atomic mass is 10.1. The number of rotatable bonds is 9. The Hall–Kier alpha value is -3.57. The van der Waals surface area contributed by atoms with Crippen LogP contribution in [0.3, 0.4) is 0 Å². The number of hydrogen-bond donors (Lipinski definition) is 4. The molecule has 0 amide bonds. The van der Waals surface area contributed by atoms with Crippen molar-refractivity contribution in [1.29, 1.82) is 5.53 Å². The molecule has 36 heavy (non-hydrogen) atoms. The van der Waals surface area contributed by atoms with Crippen LogP contribution in [0.1, 0.15) is 51.7 Å². The molecule has 1 aromatic carbocycles. The van der Waals surface area contributed by atoms with Crippen LogP contribution in [0.5, 0.6) is 5.75 Å². The fourth-order valence-corrected chi connectivity index (χ4v) is 4.21. The third-order valence-electron chi connectivity index (χ3n) is 5.90. The van der Waals surface area contributed by atoms with Crippen LogP contribution in [0, 0.1) is 5.53 Å². The Bertz CT molecular complexity index is 1210. The van der Waals surface area contributed by atoms with Gasteiger partial charge in [-0.15, -0.1) is 5.11 Å². The molecule has 11 nitrogen and oxygen atoms in total. The summed E-state index contributed by atoms with van der Waals surface area (Å²) in [6, 6.07) is 8.14. The number of aromatic nitrogens is 3. The number of likely N-dealkylation sites (tertiary alicyclic amines) is 1. The van der Waals surface area contributed by atoms with Gasteiger partial charge < -0.3 is 21.2 Å².